The summed E-state index contributed by atoms with van der Waals surface area (Å²) in [4.78, 5) is 10.4. The fourth-order valence-electron chi connectivity index (χ4n) is 1.08. The molecule has 1 aromatic rings. The van der Waals surface area contributed by atoms with Crippen LogP contribution in [0.25, 0.3) is 0 Å². The number of hydrogen-bond donors (Lipinski definition) is 2. The predicted molar refractivity (Wildman–Crippen MR) is 67.8 cm³/mol. The Morgan fingerprint density at radius 1 is 1.41 bits per heavy atom. The van der Waals surface area contributed by atoms with Gasteiger partial charge in [0, 0.05) is 5.92 Å². The van der Waals surface area contributed by atoms with E-state index in [1.165, 1.54) is 0 Å². The molecule has 1 amide bonds. The van der Waals surface area contributed by atoms with Crippen molar-refractivity contribution in [2.24, 2.45) is 17.4 Å². The molecular weight excluding hydrogens is 214 g/mol. The highest BCUT2D eigenvalue weighted by molar-refractivity contribution is 5.76. The van der Waals surface area contributed by atoms with Gasteiger partial charge in [-0.05, 0) is 31.5 Å². The van der Waals surface area contributed by atoms with Crippen LogP contribution in [0.1, 0.15) is 25.3 Å². The molecule has 0 radical (unpaired) electrons. The van der Waals surface area contributed by atoms with Gasteiger partial charge in [-0.25, -0.2) is 0 Å². The Labute approximate surface area is 102 Å². The minimum absolute atomic E-state index is 0.0199. The molecule has 4 nitrogen and oxygen atoms in total. The Balaban J connectivity index is 0.000000302. The van der Waals surface area contributed by atoms with Gasteiger partial charge >= 0.3 is 0 Å². The van der Waals surface area contributed by atoms with E-state index in [9.17, 15) is 4.79 Å². The number of nitriles is 1. The van der Waals surface area contributed by atoms with Crippen molar-refractivity contribution in [3.05, 3.63) is 35.9 Å². The summed E-state index contributed by atoms with van der Waals surface area (Å²) < 4.78 is 0. The van der Waals surface area contributed by atoms with Gasteiger partial charge in [0.05, 0.1) is 11.6 Å². The number of primary amides is 1. The standard InChI is InChI=1S/C7H5N.C6H14N2O/c8-6-7-4-2-1-3-5-7;1-5(6(8)9)3-2-4-7/h1-5H;5H,2-4,7H2,1H3,(H2,8,9). The Morgan fingerprint density at radius 3 is 2.35 bits per heavy atom. The zero-order valence-corrected chi connectivity index (χ0v) is 10.1. The number of nitrogens with zero attached hydrogens (tertiary/aromatic N) is 1. The minimum Gasteiger partial charge on any atom is -0.369 e. The summed E-state index contributed by atoms with van der Waals surface area (Å²) in [5.74, 6) is -0.253. The van der Waals surface area contributed by atoms with Gasteiger partial charge in [-0.3, -0.25) is 4.79 Å². The summed E-state index contributed by atoms with van der Waals surface area (Å²) in [6.07, 6.45) is 1.69. The van der Waals surface area contributed by atoms with Crippen molar-refractivity contribution in [1.82, 2.24) is 0 Å². The highest BCUT2D eigenvalue weighted by atomic mass is 16.1. The first-order valence-corrected chi connectivity index (χ1v) is 5.56. The molecule has 4 N–H and O–H groups in total. The first-order chi connectivity index (χ1) is 8.11. The van der Waals surface area contributed by atoms with Gasteiger partial charge in [0.15, 0.2) is 0 Å². The SMILES string of the molecule is CC(CCCN)C(N)=O.N#Cc1ccccc1. The van der Waals surface area contributed by atoms with Crippen molar-refractivity contribution >= 4 is 5.91 Å². The third-order valence-corrected chi connectivity index (χ3v) is 2.23. The molecule has 92 valence electrons. The van der Waals surface area contributed by atoms with E-state index >= 15 is 0 Å². The molecule has 1 rings (SSSR count). The summed E-state index contributed by atoms with van der Waals surface area (Å²) in [5.41, 5.74) is 10.9. The van der Waals surface area contributed by atoms with Crippen LogP contribution in [0.5, 0.6) is 0 Å². The molecule has 0 heterocycles. The molecule has 17 heavy (non-hydrogen) atoms. The second-order valence-corrected chi connectivity index (χ2v) is 3.71. The number of rotatable bonds is 4. The van der Waals surface area contributed by atoms with Crippen LogP contribution < -0.4 is 11.5 Å². The summed E-state index contributed by atoms with van der Waals surface area (Å²) in [5, 5.41) is 8.29. The zero-order chi connectivity index (χ0) is 13.1. The fraction of sp³-hybridized carbons (Fsp3) is 0.385. The Kier molecular flexibility index (Phi) is 8.35. The van der Waals surface area contributed by atoms with E-state index in [1.807, 2.05) is 31.2 Å². The van der Waals surface area contributed by atoms with E-state index < -0.39 is 0 Å². The van der Waals surface area contributed by atoms with Crippen LogP contribution in [0.15, 0.2) is 30.3 Å². The molecule has 0 fully saturated rings. The number of carbonyl (C=O) groups excluding carboxylic acids is 1. The molecule has 0 aliphatic carbocycles. The van der Waals surface area contributed by atoms with E-state index in [4.69, 9.17) is 16.7 Å². The Hall–Kier alpha value is -1.86. The summed E-state index contributed by atoms with van der Waals surface area (Å²) in [6, 6.07) is 11.2. The quantitative estimate of drug-likeness (QED) is 0.823. The van der Waals surface area contributed by atoms with Crippen LogP contribution in [0, 0.1) is 17.2 Å². The lowest BCUT2D eigenvalue weighted by Crippen LogP contribution is -2.21. The second kappa shape index (κ2) is 9.37. The molecule has 0 aromatic heterocycles. The van der Waals surface area contributed by atoms with Crippen molar-refractivity contribution in [2.75, 3.05) is 6.54 Å². The number of hydrogen-bond acceptors (Lipinski definition) is 3. The molecule has 0 bridgehead atoms. The lowest BCUT2D eigenvalue weighted by atomic mass is 10.1. The van der Waals surface area contributed by atoms with Gasteiger partial charge in [-0.2, -0.15) is 5.26 Å². The topological polar surface area (TPSA) is 92.9 Å². The van der Waals surface area contributed by atoms with Crippen LogP contribution in [-0.4, -0.2) is 12.5 Å². The van der Waals surface area contributed by atoms with Crippen LogP contribution in [0.3, 0.4) is 0 Å². The monoisotopic (exact) mass is 233 g/mol. The van der Waals surface area contributed by atoms with Crippen molar-refractivity contribution in [1.29, 1.82) is 5.26 Å². The number of benzene rings is 1. The maximum absolute atomic E-state index is 10.4. The first kappa shape index (κ1) is 15.1. The predicted octanol–water partition coefficient (Wildman–Crippen LogP) is 1.40. The van der Waals surface area contributed by atoms with Gasteiger partial charge < -0.3 is 11.5 Å². The van der Waals surface area contributed by atoms with Crippen molar-refractivity contribution in [2.45, 2.75) is 19.8 Å². The maximum Gasteiger partial charge on any atom is 0.220 e. The molecular formula is C13H19N3O. The number of carbonyl (C=O) groups is 1. The van der Waals surface area contributed by atoms with Crippen LogP contribution in [0.4, 0.5) is 0 Å². The Bertz CT molecular complexity index is 357. The lowest BCUT2D eigenvalue weighted by Gasteiger charge is -2.03. The smallest absolute Gasteiger partial charge is 0.220 e. The van der Waals surface area contributed by atoms with Crippen molar-refractivity contribution in [3.8, 4) is 6.07 Å². The second-order valence-electron chi connectivity index (χ2n) is 3.71. The highest BCUT2D eigenvalue weighted by Crippen LogP contribution is 2.01. The van der Waals surface area contributed by atoms with E-state index in [0.29, 0.717) is 12.1 Å². The van der Waals surface area contributed by atoms with Crippen molar-refractivity contribution in [3.63, 3.8) is 0 Å². The number of nitrogens with two attached hydrogens (primary N) is 2. The zero-order valence-electron chi connectivity index (χ0n) is 10.1. The van der Waals surface area contributed by atoms with Gasteiger partial charge in [0.25, 0.3) is 0 Å². The van der Waals surface area contributed by atoms with E-state index in [1.54, 1.807) is 12.1 Å². The molecule has 1 unspecified atom stereocenters. The summed E-state index contributed by atoms with van der Waals surface area (Å²) in [7, 11) is 0. The fourth-order valence-corrected chi connectivity index (χ4v) is 1.08. The average Bonchev–Trinajstić information content (AvgIpc) is 2.37. The van der Waals surface area contributed by atoms with E-state index in [-0.39, 0.29) is 11.8 Å². The van der Waals surface area contributed by atoms with Crippen LogP contribution >= 0.6 is 0 Å². The van der Waals surface area contributed by atoms with Crippen LogP contribution in [0.2, 0.25) is 0 Å². The lowest BCUT2D eigenvalue weighted by molar-refractivity contribution is -0.121. The summed E-state index contributed by atoms with van der Waals surface area (Å²) in [6.45, 7) is 2.45. The minimum atomic E-state index is -0.233. The average molecular weight is 233 g/mol. The molecule has 1 atom stereocenters. The summed E-state index contributed by atoms with van der Waals surface area (Å²) >= 11 is 0. The van der Waals surface area contributed by atoms with Gasteiger partial charge in [0.1, 0.15) is 0 Å². The molecule has 0 saturated carbocycles. The number of amides is 1. The first-order valence-electron chi connectivity index (χ1n) is 5.56. The largest absolute Gasteiger partial charge is 0.369 e. The molecule has 0 aliphatic heterocycles. The van der Waals surface area contributed by atoms with Crippen molar-refractivity contribution < 1.29 is 4.79 Å². The normalized spacial score (nSPS) is 10.6. The maximum atomic E-state index is 10.4. The Morgan fingerprint density at radius 2 is 2.00 bits per heavy atom. The van der Waals surface area contributed by atoms with Gasteiger partial charge in [-0.1, -0.05) is 25.1 Å². The molecule has 0 spiro atoms. The van der Waals surface area contributed by atoms with Gasteiger partial charge in [-0.15, -0.1) is 0 Å². The van der Waals surface area contributed by atoms with E-state index in [2.05, 4.69) is 0 Å². The van der Waals surface area contributed by atoms with Crippen LogP contribution in [-0.2, 0) is 4.79 Å². The molecule has 4 heteroatoms. The van der Waals surface area contributed by atoms with E-state index in [0.717, 1.165) is 12.8 Å². The molecule has 0 aliphatic rings. The third kappa shape index (κ3) is 8.00. The third-order valence-electron chi connectivity index (χ3n) is 2.23. The van der Waals surface area contributed by atoms with Gasteiger partial charge in [0.2, 0.25) is 5.91 Å². The highest BCUT2D eigenvalue weighted by Gasteiger charge is 2.05. The molecule has 1 aromatic carbocycles. The molecule has 0 saturated heterocycles.